The smallest absolute Gasteiger partial charge is 0.353 e. The van der Waals surface area contributed by atoms with Crippen LogP contribution < -0.4 is 5.32 Å². The summed E-state index contributed by atoms with van der Waals surface area (Å²) in [6.45, 7) is 4.93. The number of β-lactam (4-membered cyclic amide) rings is 1. The molecule has 0 radical (unpaired) electrons. The lowest BCUT2D eigenvalue weighted by molar-refractivity contribution is -0.145. The number of amides is 2. The average Bonchev–Trinajstić information content (AvgIpc) is 3.31. The number of aliphatic carboxylic acids is 1. The molecule has 0 saturated carbocycles. The van der Waals surface area contributed by atoms with Crippen molar-refractivity contribution >= 4 is 75.7 Å². The van der Waals surface area contributed by atoms with E-state index < -0.39 is 21.5 Å². The Labute approximate surface area is 191 Å². The zero-order valence-corrected chi connectivity index (χ0v) is 19.8. The van der Waals surface area contributed by atoms with Crippen molar-refractivity contribution in [3.63, 3.8) is 0 Å². The average molecular weight is 503 g/mol. The minimum Gasteiger partial charge on any atom is -0.477 e. The SMILES string of the molecule is CC(=O)NC1(C)S[C@@H]2C(Sc3nnc(C)s3)C(=O)N2C(C(=O)O)=C1Sc1nncs1. The van der Waals surface area contributed by atoms with Crippen LogP contribution in [0.1, 0.15) is 18.9 Å². The number of carbonyl (C=O) groups is 3. The first kappa shape index (κ1) is 21.5. The van der Waals surface area contributed by atoms with E-state index in [1.807, 2.05) is 6.92 Å². The fraction of sp³-hybridized carbons (Fsp3) is 0.400. The molecule has 1 saturated heterocycles. The molecule has 2 aromatic rings. The van der Waals surface area contributed by atoms with Gasteiger partial charge >= 0.3 is 5.97 Å². The number of aryl methyl sites for hydroxylation is 1. The van der Waals surface area contributed by atoms with Crippen molar-refractivity contribution in [2.75, 3.05) is 0 Å². The van der Waals surface area contributed by atoms with E-state index in [1.54, 1.807) is 6.92 Å². The number of carboxylic acids is 1. The van der Waals surface area contributed by atoms with E-state index in [0.717, 1.165) is 16.8 Å². The minimum atomic E-state index is -1.24. The van der Waals surface area contributed by atoms with Gasteiger partial charge in [0.25, 0.3) is 0 Å². The Morgan fingerprint density at radius 2 is 2.07 bits per heavy atom. The summed E-state index contributed by atoms with van der Waals surface area (Å²) in [4.78, 5) is 37.7. The first-order valence-corrected chi connectivity index (χ1v) is 12.7. The van der Waals surface area contributed by atoms with Crippen LogP contribution in [0.5, 0.6) is 0 Å². The Bertz CT molecular complexity index is 1060. The van der Waals surface area contributed by atoms with Crippen LogP contribution in [0.4, 0.5) is 0 Å². The second kappa shape index (κ2) is 8.11. The number of nitrogens with one attached hydrogen (secondary N) is 1. The van der Waals surface area contributed by atoms with Crippen LogP contribution >= 0.6 is 58.0 Å². The zero-order valence-electron chi connectivity index (χ0n) is 15.7. The molecular formula is C15H14N6O4S5. The quantitative estimate of drug-likeness (QED) is 0.561. The van der Waals surface area contributed by atoms with E-state index in [4.69, 9.17) is 0 Å². The summed E-state index contributed by atoms with van der Waals surface area (Å²) in [7, 11) is 0. The van der Waals surface area contributed by atoms with Gasteiger partial charge in [-0.05, 0) is 13.8 Å². The summed E-state index contributed by atoms with van der Waals surface area (Å²) in [5.74, 6) is -1.87. The normalized spacial score (nSPS) is 25.7. The predicted molar refractivity (Wildman–Crippen MR) is 115 cm³/mol. The Morgan fingerprint density at radius 3 is 2.63 bits per heavy atom. The van der Waals surface area contributed by atoms with Gasteiger partial charge in [-0.2, -0.15) is 0 Å². The monoisotopic (exact) mass is 502 g/mol. The highest BCUT2D eigenvalue weighted by molar-refractivity contribution is 8.09. The first-order chi connectivity index (χ1) is 14.2. The number of carbonyl (C=O) groups excluding carboxylic acids is 2. The third kappa shape index (κ3) is 3.84. The summed E-state index contributed by atoms with van der Waals surface area (Å²) in [5.41, 5.74) is 1.38. The van der Waals surface area contributed by atoms with Crippen molar-refractivity contribution in [1.82, 2.24) is 30.6 Å². The van der Waals surface area contributed by atoms with Crippen molar-refractivity contribution in [1.29, 1.82) is 0 Å². The second-order valence-corrected chi connectivity index (χ2v) is 12.5. The fourth-order valence-corrected chi connectivity index (χ4v) is 8.75. The third-order valence-electron chi connectivity index (χ3n) is 4.12. The summed E-state index contributed by atoms with van der Waals surface area (Å²) in [6, 6.07) is 0. The maximum Gasteiger partial charge on any atom is 0.353 e. The van der Waals surface area contributed by atoms with Crippen LogP contribution in [-0.4, -0.2) is 63.7 Å². The number of aromatic nitrogens is 4. The van der Waals surface area contributed by atoms with Crippen LogP contribution in [0, 0.1) is 6.92 Å². The lowest BCUT2D eigenvalue weighted by Gasteiger charge is -2.53. The van der Waals surface area contributed by atoms with Gasteiger partial charge in [0.05, 0.1) is 4.91 Å². The molecular weight excluding hydrogens is 489 g/mol. The van der Waals surface area contributed by atoms with Gasteiger partial charge in [-0.3, -0.25) is 14.5 Å². The Hall–Kier alpha value is -1.68. The van der Waals surface area contributed by atoms with Crippen molar-refractivity contribution in [2.24, 2.45) is 0 Å². The van der Waals surface area contributed by atoms with Gasteiger partial charge in [-0.1, -0.05) is 46.2 Å². The summed E-state index contributed by atoms with van der Waals surface area (Å²) in [5, 5.41) is 28.4. The summed E-state index contributed by atoms with van der Waals surface area (Å²) in [6.07, 6.45) is 0. The topological polar surface area (TPSA) is 138 Å². The summed E-state index contributed by atoms with van der Waals surface area (Å²) >= 11 is 6.30. The predicted octanol–water partition coefficient (Wildman–Crippen LogP) is 2.01. The maximum absolute atomic E-state index is 12.9. The van der Waals surface area contributed by atoms with Crippen LogP contribution in [0.15, 0.2) is 24.8 Å². The van der Waals surface area contributed by atoms with E-state index in [1.165, 1.54) is 63.5 Å². The molecule has 0 bridgehead atoms. The number of thioether (sulfide) groups is 3. The molecule has 30 heavy (non-hydrogen) atoms. The number of nitrogens with zero attached hydrogens (tertiary/aromatic N) is 5. The lowest BCUT2D eigenvalue weighted by Crippen LogP contribution is -2.67. The van der Waals surface area contributed by atoms with Gasteiger partial charge in [0.2, 0.25) is 11.8 Å². The molecule has 4 rings (SSSR count). The molecule has 2 aliphatic heterocycles. The Balaban J connectivity index is 1.74. The van der Waals surface area contributed by atoms with E-state index in [2.05, 4.69) is 25.7 Å². The molecule has 158 valence electrons. The highest BCUT2D eigenvalue weighted by Crippen LogP contribution is 2.56. The van der Waals surface area contributed by atoms with Crippen molar-refractivity contribution in [3.8, 4) is 0 Å². The maximum atomic E-state index is 12.9. The van der Waals surface area contributed by atoms with Gasteiger partial charge in [0, 0.05) is 6.92 Å². The number of rotatable bonds is 6. The summed E-state index contributed by atoms with van der Waals surface area (Å²) < 4.78 is 1.16. The molecule has 15 heteroatoms. The molecule has 2 amide bonds. The highest BCUT2D eigenvalue weighted by atomic mass is 32.2. The fourth-order valence-electron chi connectivity index (χ4n) is 3.03. The molecule has 0 spiro atoms. The molecule has 10 nitrogen and oxygen atoms in total. The zero-order chi connectivity index (χ0) is 21.6. The molecule has 0 aliphatic carbocycles. The largest absolute Gasteiger partial charge is 0.477 e. The van der Waals surface area contributed by atoms with Gasteiger partial charge in [-0.15, -0.1) is 32.2 Å². The number of carboxylic acid groups (broad SMARTS) is 1. The molecule has 3 atom stereocenters. The molecule has 2 unspecified atom stereocenters. The molecule has 2 aromatic heterocycles. The van der Waals surface area contributed by atoms with E-state index in [0.29, 0.717) is 13.6 Å². The highest BCUT2D eigenvalue weighted by Gasteiger charge is 2.60. The van der Waals surface area contributed by atoms with Gasteiger partial charge in [-0.25, -0.2) is 4.79 Å². The van der Waals surface area contributed by atoms with E-state index in [-0.39, 0.29) is 17.5 Å². The van der Waals surface area contributed by atoms with Gasteiger partial charge < -0.3 is 10.4 Å². The van der Waals surface area contributed by atoms with Gasteiger partial charge in [0.1, 0.15) is 31.7 Å². The minimum absolute atomic E-state index is 0.148. The van der Waals surface area contributed by atoms with Crippen LogP contribution in [-0.2, 0) is 14.4 Å². The van der Waals surface area contributed by atoms with Crippen molar-refractivity contribution < 1.29 is 19.5 Å². The van der Waals surface area contributed by atoms with Crippen LogP contribution in [0.25, 0.3) is 0 Å². The van der Waals surface area contributed by atoms with E-state index in [9.17, 15) is 19.5 Å². The molecule has 4 heterocycles. The van der Waals surface area contributed by atoms with E-state index >= 15 is 0 Å². The van der Waals surface area contributed by atoms with Gasteiger partial charge in [0.15, 0.2) is 8.68 Å². The Kier molecular flexibility index (Phi) is 5.82. The third-order valence-corrected chi connectivity index (χ3v) is 10.2. The number of fused-ring (bicyclic) bond motifs is 1. The second-order valence-electron chi connectivity index (χ2n) is 6.35. The standard InChI is InChI=1S/C15H14N6O4S5/c1-5(22)17-15(3)9(29-13-19-16-4-26-13)7(12(24)25)21-10(23)8(11(21)30-15)28-14-20-18-6(2)27-14/h4,8,11H,1-3H3,(H,17,22)(H,24,25)/t8?,11-,15?/m1/s1. The number of hydrogen-bond donors (Lipinski definition) is 2. The number of hydrogen-bond acceptors (Lipinski definition) is 12. The first-order valence-electron chi connectivity index (χ1n) is 8.38. The van der Waals surface area contributed by atoms with Crippen molar-refractivity contribution in [2.45, 2.75) is 44.9 Å². The van der Waals surface area contributed by atoms with Crippen LogP contribution in [0.2, 0.25) is 0 Å². The molecule has 2 N–H and O–H groups in total. The molecule has 0 aromatic carbocycles. The molecule has 1 fully saturated rings. The van der Waals surface area contributed by atoms with Crippen LogP contribution in [0.3, 0.4) is 0 Å². The lowest BCUT2D eigenvalue weighted by atomic mass is 10.1. The molecule has 2 aliphatic rings. The van der Waals surface area contributed by atoms with Crippen molar-refractivity contribution in [3.05, 3.63) is 21.1 Å². The Morgan fingerprint density at radius 1 is 1.30 bits per heavy atom.